The maximum absolute atomic E-state index is 12.6. The molecule has 0 aromatic carbocycles. The molecule has 1 saturated carbocycles. The van der Waals surface area contributed by atoms with Crippen LogP contribution in [0.3, 0.4) is 0 Å². The molecule has 4 rings (SSSR count). The van der Waals surface area contributed by atoms with Crippen molar-refractivity contribution >= 4 is 54.9 Å². The van der Waals surface area contributed by atoms with E-state index >= 15 is 0 Å². The molecular weight excluding hydrogens is 506 g/mol. The van der Waals surface area contributed by atoms with Gasteiger partial charge in [0.05, 0.1) is 20.2 Å². The predicted molar refractivity (Wildman–Crippen MR) is 119 cm³/mol. The van der Waals surface area contributed by atoms with Crippen molar-refractivity contribution < 1.29 is 9.59 Å². The molecular formula is C20H27Br2N3O2S. The number of fused-ring (bicyclic) bond motifs is 1. The number of carbonyl (C=O) groups excluding carboxylic acids is 2. The number of nitrogens with zero attached hydrogens (tertiary/aromatic N) is 2. The molecule has 1 saturated heterocycles. The highest BCUT2D eigenvalue weighted by atomic mass is 79.9. The van der Waals surface area contributed by atoms with Gasteiger partial charge in [0.1, 0.15) is 0 Å². The largest absolute Gasteiger partial charge is 0.348 e. The first kappa shape index (κ1) is 21.0. The molecule has 1 aromatic rings. The molecule has 3 aliphatic rings. The van der Waals surface area contributed by atoms with Crippen molar-refractivity contribution in [3.05, 3.63) is 18.7 Å². The van der Waals surface area contributed by atoms with E-state index in [0.29, 0.717) is 13.0 Å². The molecule has 0 spiro atoms. The minimum absolute atomic E-state index is 0.0144. The summed E-state index contributed by atoms with van der Waals surface area (Å²) in [7, 11) is 0. The zero-order valence-electron chi connectivity index (χ0n) is 16.0. The van der Waals surface area contributed by atoms with Gasteiger partial charge in [-0.3, -0.25) is 14.5 Å². The third kappa shape index (κ3) is 4.72. The standard InChI is InChI=1S/C20H27Br2N3O2S/c21-19-17-14(10-15(26)18(17)20(22)28-19)23-16(27)12-25-8-6-24(7-9-25)11-13-4-2-1-3-5-13/h13-14H,1-12H2,(H,23,27). The van der Waals surface area contributed by atoms with E-state index in [-0.39, 0.29) is 17.7 Å². The molecule has 1 aliphatic heterocycles. The average Bonchev–Trinajstić information content (AvgIpc) is 3.15. The summed E-state index contributed by atoms with van der Waals surface area (Å²) in [4.78, 5) is 29.7. The predicted octanol–water partition coefficient (Wildman–Crippen LogP) is 4.21. The monoisotopic (exact) mass is 531 g/mol. The van der Waals surface area contributed by atoms with Crippen molar-refractivity contribution in [2.45, 2.75) is 44.6 Å². The van der Waals surface area contributed by atoms with Crippen LogP contribution in [0.1, 0.15) is 60.5 Å². The smallest absolute Gasteiger partial charge is 0.234 e. The van der Waals surface area contributed by atoms with Crippen molar-refractivity contribution in [1.29, 1.82) is 0 Å². The summed E-state index contributed by atoms with van der Waals surface area (Å²) < 4.78 is 1.78. The van der Waals surface area contributed by atoms with Crippen LogP contribution in [-0.2, 0) is 4.79 Å². The Kier molecular flexibility index (Phi) is 6.93. The number of amides is 1. The Bertz CT molecular complexity index is 740. The van der Waals surface area contributed by atoms with Crippen molar-refractivity contribution in [3.63, 3.8) is 0 Å². The minimum atomic E-state index is -0.209. The van der Waals surface area contributed by atoms with Crippen LogP contribution in [0.25, 0.3) is 0 Å². The Morgan fingerprint density at radius 2 is 1.71 bits per heavy atom. The van der Waals surface area contributed by atoms with Crippen molar-refractivity contribution in [2.75, 3.05) is 39.3 Å². The Labute approximate surface area is 187 Å². The lowest BCUT2D eigenvalue weighted by Gasteiger charge is -2.37. The fourth-order valence-electron chi connectivity index (χ4n) is 4.78. The fourth-order valence-corrected chi connectivity index (χ4v) is 8.15. The van der Waals surface area contributed by atoms with Gasteiger partial charge in [0.15, 0.2) is 5.78 Å². The second-order valence-corrected chi connectivity index (χ2v) is 11.9. The van der Waals surface area contributed by atoms with E-state index in [4.69, 9.17) is 0 Å². The van der Waals surface area contributed by atoms with Gasteiger partial charge in [0.25, 0.3) is 0 Å². The lowest BCUT2D eigenvalue weighted by Crippen LogP contribution is -2.50. The Morgan fingerprint density at radius 3 is 2.43 bits per heavy atom. The number of Topliss-reactive ketones (excluding diaryl/α,β-unsaturated/α-hetero) is 1. The summed E-state index contributed by atoms with van der Waals surface area (Å²) >= 11 is 8.51. The van der Waals surface area contributed by atoms with Crippen LogP contribution < -0.4 is 5.32 Å². The van der Waals surface area contributed by atoms with Crippen LogP contribution in [0, 0.1) is 5.92 Å². The van der Waals surface area contributed by atoms with Crippen LogP contribution in [0.5, 0.6) is 0 Å². The molecule has 1 aromatic heterocycles. The summed E-state index contributed by atoms with van der Waals surface area (Å²) in [6.07, 6.45) is 7.33. The lowest BCUT2D eigenvalue weighted by atomic mass is 9.89. The molecule has 1 amide bonds. The second kappa shape index (κ2) is 9.25. The number of hydrogen-bond donors (Lipinski definition) is 1. The average molecular weight is 533 g/mol. The Hall–Kier alpha value is -0.280. The van der Waals surface area contributed by atoms with Gasteiger partial charge in [-0.15, -0.1) is 11.3 Å². The lowest BCUT2D eigenvalue weighted by molar-refractivity contribution is -0.123. The van der Waals surface area contributed by atoms with Crippen LogP contribution in [0.2, 0.25) is 0 Å². The molecule has 2 heterocycles. The van der Waals surface area contributed by atoms with E-state index in [1.54, 1.807) is 0 Å². The Balaban J connectivity index is 1.24. The van der Waals surface area contributed by atoms with Gasteiger partial charge in [-0.05, 0) is 50.6 Å². The summed E-state index contributed by atoms with van der Waals surface area (Å²) in [5, 5.41) is 3.08. The molecule has 1 N–H and O–H groups in total. The van der Waals surface area contributed by atoms with Crippen LogP contribution in [0.4, 0.5) is 0 Å². The minimum Gasteiger partial charge on any atom is -0.348 e. The molecule has 2 aliphatic carbocycles. The Morgan fingerprint density at radius 1 is 1.04 bits per heavy atom. The van der Waals surface area contributed by atoms with Gasteiger partial charge in [-0.2, -0.15) is 0 Å². The third-order valence-electron chi connectivity index (χ3n) is 6.28. The van der Waals surface area contributed by atoms with Crippen LogP contribution in [-0.4, -0.2) is 60.8 Å². The van der Waals surface area contributed by atoms with Gasteiger partial charge in [-0.1, -0.05) is 19.3 Å². The second-order valence-electron chi connectivity index (χ2n) is 8.27. The van der Waals surface area contributed by atoms with Gasteiger partial charge in [-0.25, -0.2) is 0 Å². The maximum atomic E-state index is 12.6. The van der Waals surface area contributed by atoms with Crippen molar-refractivity contribution in [2.24, 2.45) is 5.92 Å². The summed E-state index contributed by atoms with van der Waals surface area (Å²) in [6, 6.07) is -0.209. The zero-order chi connectivity index (χ0) is 19.7. The van der Waals surface area contributed by atoms with E-state index < -0.39 is 0 Å². The SMILES string of the molecule is O=C(CN1CCN(CC2CCCCC2)CC1)NC1CC(=O)c2c(Br)sc(Br)c21. The fraction of sp³-hybridized carbons (Fsp3) is 0.700. The summed E-state index contributed by atoms with van der Waals surface area (Å²) in [5.74, 6) is 0.993. The van der Waals surface area contributed by atoms with Crippen LogP contribution in [0.15, 0.2) is 7.57 Å². The highest BCUT2D eigenvalue weighted by molar-refractivity contribution is 9.12. The number of nitrogens with one attached hydrogen (secondary N) is 1. The van der Waals surface area contributed by atoms with E-state index in [1.807, 2.05) is 0 Å². The normalized spacial score (nSPS) is 24.5. The topological polar surface area (TPSA) is 52.7 Å². The number of hydrogen-bond acceptors (Lipinski definition) is 5. The van der Waals surface area contributed by atoms with E-state index in [0.717, 1.165) is 50.8 Å². The number of thiophene rings is 1. The number of halogens is 2. The molecule has 1 atom stereocenters. The first-order valence-electron chi connectivity index (χ1n) is 10.3. The number of carbonyl (C=O) groups is 2. The van der Waals surface area contributed by atoms with E-state index in [1.165, 1.54) is 50.0 Å². The van der Waals surface area contributed by atoms with E-state index in [9.17, 15) is 9.59 Å². The number of piperazine rings is 1. The third-order valence-corrected chi connectivity index (χ3v) is 8.86. The van der Waals surface area contributed by atoms with Gasteiger partial charge < -0.3 is 10.2 Å². The van der Waals surface area contributed by atoms with Crippen molar-refractivity contribution in [1.82, 2.24) is 15.1 Å². The highest BCUT2D eigenvalue weighted by Gasteiger charge is 2.36. The summed E-state index contributed by atoms with van der Waals surface area (Å²) in [6.45, 7) is 5.65. The van der Waals surface area contributed by atoms with Gasteiger partial charge in [0.2, 0.25) is 5.91 Å². The first-order valence-corrected chi connectivity index (χ1v) is 12.7. The molecule has 0 radical (unpaired) electrons. The molecule has 5 nitrogen and oxygen atoms in total. The van der Waals surface area contributed by atoms with E-state index in [2.05, 4.69) is 47.0 Å². The summed E-state index contributed by atoms with van der Waals surface area (Å²) in [5.41, 5.74) is 1.67. The molecule has 28 heavy (non-hydrogen) atoms. The number of ketones is 1. The molecule has 154 valence electrons. The molecule has 1 unspecified atom stereocenters. The quantitative estimate of drug-likeness (QED) is 0.617. The zero-order valence-corrected chi connectivity index (χ0v) is 20.0. The number of rotatable bonds is 5. The highest BCUT2D eigenvalue weighted by Crippen LogP contribution is 2.46. The first-order chi connectivity index (χ1) is 13.5. The van der Waals surface area contributed by atoms with Gasteiger partial charge in [0, 0.05) is 50.3 Å². The maximum Gasteiger partial charge on any atom is 0.234 e. The van der Waals surface area contributed by atoms with Gasteiger partial charge >= 0.3 is 0 Å². The van der Waals surface area contributed by atoms with Crippen LogP contribution >= 0.6 is 43.2 Å². The molecule has 0 bridgehead atoms. The molecule has 2 fully saturated rings. The van der Waals surface area contributed by atoms with Crippen molar-refractivity contribution in [3.8, 4) is 0 Å². The molecule has 8 heteroatoms.